The Morgan fingerprint density at radius 1 is 1.10 bits per heavy atom. The highest BCUT2D eigenvalue weighted by atomic mass is 19.1. The van der Waals surface area contributed by atoms with Crippen LogP contribution in [-0.4, -0.2) is 6.04 Å². The first kappa shape index (κ1) is 14.5. The van der Waals surface area contributed by atoms with Gasteiger partial charge in [-0.15, -0.1) is 0 Å². The molecule has 2 atom stereocenters. The molecule has 0 aromatic heterocycles. The summed E-state index contributed by atoms with van der Waals surface area (Å²) in [6.45, 7) is 4.07. The van der Waals surface area contributed by atoms with Gasteiger partial charge < -0.3 is 10.5 Å². The van der Waals surface area contributed by atoms with Crippen LogP contribution in [0.2, 0.25) is 0 Å². The zero-order valence-corrected chi connectivity index (χ0v) is 11.8. The van der Waals surface area contributed by atoms with E-state index >= 15 is 0 Å². The van der Waals surface area contributed by atoms with E-state index in [9.17, 15) is 4.39 Å². The fourth-order valence-corrected chi connectivity index (χ4v) is 2.16. The molecule has 2 aromatic rings. The molecule has 20 heavy (non-hydrogen) atoms. The molecule has 0 aliphatic carbocycles. The summed E-state index contributed by atoms with van der Waals surface area (Å²) < 4.78 is 19.0. The van der Waals surface area contributed by atoms with Crippen molar-refractivity contribution in [3.8, 4) is 5.75 Å². The van der Waals surface area contributed by atoms with Crippen molar-refractivity contribution in [1.29, 1.82) is 0 Å². The van der Waals surface area contributed by atoms with Gasteiger partial charge in [-0.05, 0) is 48.7 Å². The summed E-state index contributed by atoms with van der Waals surface area (Å²) in [6, 6.07) is 14.0. The first-order chi connectivity index (χ1) is 9.61. The number of nitrogens with two attached hydrogens (primary N) is 1. The predicted molar refractivity (Wildman–Crippen MR) is 79.2 cm³/mol. The molecule has 3 heteroatoms. The highest BCUT2D eigenvalue weighted by Crippen LogP contribution is 2.27. The molecule has 0 saturated heterocycles. The molecule has 2 rings (SSSR count). The molecule has 0 aliphatic heterocycles. The maximum Gasteiger partial charge on any atom is 0.139 e. The summed E-state index contributed by atoms with van der Waals surface area (Å²) in [4.78, 5) is 0. The molecule has 0 spiro atoms. The molecule has 2 unspecified atom stereocenters. The summed E-state index contributed by atoms with van der Waals surface area (Å²) in [5, 5.41) is 0. The number of halogens is 1. The van der Waals surface area contributed by atoms with Crippen LogP contribution in [0.5, 0.6) is 5.75 Å². The van der Waals surface area contributed by atoms with E-state index in [1.54, 1.807) is 12.1 Å². The van der Waals surface area contributed by atoms with E-state index in [4.69, 9.17) is 10.5 Å². The molecule has 0 saturated carbocycles. The predicted octanol–water partition coefficient (Wildman–Crippen LogP) is 3.99. The Morgan fingerprint density at radius 2 is 1.75 bits per heavy atom. The molecule has 106 valence electrons. The Hall–Kier alpha value is -1.87. The lowest BCUT2D eigenvalue weighted by Gasteiger charge is -2.26. The summed E-state index contributed by atoms with van der Waals surface area (Å²) in [5.41, 5.74) is 8.41. The van der Waals surface area contributed by atoms with Gasteiger partial charge in [-0.1, -0.05) is 31.2 Å². The Balaban J connectivity index is 2.29. The maximum atomic E-state index is 13.0. The fourth-order valence-electron chi connectivity index (χ4n) is 2.16. The van der Waals surface area contributed by atoms with Crippen LogP contribution < -0.4 is 10.5 Å². The van der Waals surface area contributed by atoms with Crippen molar-refractivity contribution in [3.05, 3.63) is 65.5 Å². The average molecular weight is 273 g/mol. The van der Waals surface area contributed by atoms with Crippen LogP contribution >= 0.6 is 0 Å². The number of rotatable bonds is 5. The van der Waals surface area contributed by atoms with Crippen LogP contribution in [0.25, 0.3) is 0 Å². The van der Waals surface area contributed by atoms with Crippen LogP contribution in [0.1, 0.15) is 30.6 Å². The molecule has 0 heterocycles. The van der Waals surface area contributed by atoms with Crippen LogP contribution in [0.15, 0.2) is 48.5 Å². The molecule has 0 radical (unpaired) electrons. The smallest absolute Gasteiger partial charge is 0.139 e. The standard InChI is InChI=1S/C17H20FNO/c1-3-16(19)17(15-7-5-4-6-12(15)2)20-14-10-8-13(18)9-11-14/h4-11,16-17H,3,19H2,1-2H3. The van der Waals surface area contributed by atoms with Crippen molar-refractivity contribution in [1.82, 2.24) is 0 Å². The lowest BCUT2D eigenvalue weighted by molar-refractivity contribution is 0.170. The number of aryl methyl sites for hydroxylation is 1. The van der Waals surface area contributed by atoms with Gasteiger partial charge in [0.25, 0.3) is 0 Å². The lowest BCUT2D eigenvalue weighted by Crippen LogP contribution is -2.32. The van der Waals surface area contributed by atoms with E-state index in [1.807, 2.05) is 38.1 Å². The van der Waals surface area contributed by atoms with E-state index in [0.29, 0.717) is 5.75 Å². The molecule has 0 amide bonds. The van der Waals surface area contributed by atoms with E-state index in [0.717, 1.165) is 17.5 Å². The zero-order chi connectivity index (χ0) is 14.5. The van der Waals surface area contributed by atoms with E-state index in [1.165, 1.54) is 12.1 Å². The van der Waals surface area contributed by atoms with Crippen LogP contribution in [0, 0.1) is 12.7 Å². The van der Waals surface area contributed by atoms with Crippen molar-refractivity contribution in [2.45, 2.75) is 32.4 Å². The van der Waals surface area contributed by atoms with Gasteiger partial charge in [0.05, 0.1) is 0 Å². The number of ether oxygens (including phenoxy) is 1. The van der Waals surface area contributed by atoms with Crippen LogP contribution in [0.4, 0.5) is 4.39 Å². The summed E-state index contributed by atoms with van der Waals surface area (Å²) >= 11 is 0. The molecule has 2 N–H and O–H groups in total. The monoisotopic (exact) mass is 273 g/mol. The molecule has 0 aliphatic rings. The molecular weight excluding hydrogens is 253 g/mol. The molecule has 0 bridgehead atoms. The van der Waals surface area contributed by atoms with Gasteiger partial charge >= 0.3 is 0 Å². The van der Waals surface area contributed by atoms with Gasteiger partial charge in [0.1, 0.15) is 17.7 Å². The molecule has 2 aromatic carbocycles. The number of benzene rings is 2. The minimum Gasteiger partial charge on any atom is -0.484 e. The molecular formula is C17H20FNO. The van der Waals surface area contributed by atoms with Gasteiger partial charge in [-0.3, -0.25) is 0 Å². The molecule has 0 fully saturated rings. The van der Waals surface area contributed by atoms with Gasteiger partial charge in [-0.25, -0.2) is 4.39 Å². The van der Waals surface area contributed by atoms with Crippen LogP contribution in [-0.2, 0) is 0 Å². The maximum absolute atomic E-state index is 13.0. The van der Waals surface area contributed by atoms with Crippen molar-refractivity contribution >= 4 is 0 Å². The third-order valence-corrected chi connectivity index (χ3v) is 3.43. The van der Waals surface area contributed by atoms with Crippen LogP contribution in [0.3, 0.4) is 0 Å². The highest BCUT2D eigenvalue weighted by molar-refractivity contribution is 5.31. The Kier molecular flexibility index (Phi) is 4.74. The summed E-state index contributed by atoms with van der Waals surface area (Å²) in [7, 11) is 0. The van der Waals surface area contributed by atoms with Crippen molar-refractivity contribution < 1.29 is 9.13 Å². The second-order valence-electron chi connectivity index (χ2n) is 4.92. The van der Waals surface area contributed by atoms with E-state index in [2.05, 4.69) is 0 Å². The summed E-state index contributed by atoms with van der Waals surface area (Å²) in [6.07, 6.45) is 0.576. The second-order valence-corrected chi connectivity index (χ2v) is 4.92. The summed E-state index contributed by atoms with van der Waals surface area (Å²) in [5.74, 6) is 0.355. The third-order valence-electron chi connectivity index (χ3n) is 3.43. The zero-order valence-electron chi connectivity index (χ0n) is 11.8. The largest absolute Gasteiger partial charge is 0.484 e. The minimum atomic E-state index is -0.274. The van der Waals surface area contributed by atoms with Gasteiger partial charge in [0.2, 0.25) is 0 Å². The van der Waals surface area contributed by atoms with Gasteiger partial charge in [0, 0.05) is 6.04 Å². The highest BCUT2D eigenvalue weighted by Gasteiger charge is 2.22. The Morgan fingerprint density at radius 3 is 2.35 bits per heavy atom. The topological polar surface area (TPSA) is 35.2 Å². The average Bonchev–Trinajstić information content (AvgIpc) is 2.47. The van der Waals surface area contributed by atoms with Crippen molar-refractivity contribution in [3.63, 3.8) is 0 Å². The number of hydrogen-bond donors (Lipinski definition) is 1. The first-order valence-electron chi connectivity index (χ1n) is 6.85. The Labute approximate surface area is 119 Å². The molecule has 2 nitrogen and oxygen atoms in total. The third kappa shape index (κ3) is 3.36. The first-order valence-corrected chi connectivity index (χ1v) is 6.85. The van der Waals surface area contributed by atoms with Gasteiger partial charge in [-0.2, -0.15) is 0 Å². The Bertz CT molecular complexity index is 553. The second kappa shape index (κ2) is 6.53. The van der Waals surface area contributed by atoms with Crippen molar-refractivity contribution in [2.24, 2.45) is 5.73 Å². The quantitative estimate of drug-likeness (QED) is 0.894. The normalized spacial score (nSPS) is 13.8. The van der Waals surface area contributed by atoms with E-state index < -0.39 is 0 Å². The van der Waals surface area contributed by atoms with Crippen molar-refractivity contribution in [2.75, 3.05) is 0 Å². The number of hydrogen-bond acceptors (Lipinski definition) is 2. The fraction of sp³-hybridized carbons (Fsp3) is 0.294. The van der Waals surface area contributed by atoms with E-state index in [-0.39, 0.29) is 18.0 Å². The SMILES string of the molecule is CCC(N)C(Oc1ccc(F)cc1)c1ccccc1C. The lowest BCUT2D eigenvalue weighted by atomic mass is 9.97. The van der Waals surface area contributed by atoms with Gasteiger partial charge in [0.15, 0.2) is 0 Å². The minimum absolute atomic E-state index is 0.110.